The fourth-order valence-corrected chi connectivity index (χ4v) is 3.69. The molecule has 1 aromatic rings. The highest BCUT2D eigenvalue weighted by Crippen LogP contribution is 2.32. The normalized spacial score (nSPS) is 24.5. The molecule has 0 saturated carbocycles. The monoisotopic (exact) mass is 326 g/mol. The molecule has 4 nitrogen and oxygen atoms in total. The molecule has 0 spiro atoms. The lowest BCUT2D eigenvalue weighted by atomic mass is 9.88. The summed E-state index contributed by atoms with van der Waals surface area (Å²) in [5.41, 5.74) is 2.62. The van der Waals surface area contributed by atoms with Crippen LogP contribution in [0.3, 0.4) is 0 Å². The Labute approximate surface area is 139 Å². The van der Waals surface area contributed by atoms with Gasteiger partial charge in [0.1, 0.15) is 0 Å². The average molecular weight is 327 g/mol. The van der Waals surface area contributed by atoms with Crippen molar-refractivity contribution in [3.63, 3.8) is 0 Å². The van der Waals surface area contributed by atoms with Crippen LogP contribution in [0.25, 0.3) is 0 Å². The molecule has 2 aliphatic heterocycles. The van der Waals surface area contributed by atoms with Gasteiger partial charge in [-0.3, -0.25) is 4.90 Å². The van der Waals surface area contributed by atoms with E-state index in [1.807, 2.05) is 0 Å². The number of halogens is 1. The Morgan fingerprint density at radius 1 is 1.14 bits per heavy atom. The van der Waals surface area contributed by atoms with Gasteiger partial charge in [-0.1, -0.05) is 0 Å². The van der Waals surface area contributed by atoms with E-state index in [1.54, 1.807) is 14.2 Å². The molecule has 2 heterocycles. The van der Waals surface area contributed by atoms with Crippen molar-refractivity contribution in [3.8, 4) is 11.5 Å². The van der Waals surface area contributed by atoms with E-state index in [9.17, 15) is 0 Å². The molecule has 0 amide bonds. The van der Waals surface area contributed by atoms with Gasteiger partial charge in [0.05, 0.1) is 14.2 Å². The number of ether oxygens (including phenoxy) is 2. The first kappa shape index (κ1) is 17.4. The molecule has 1 N–H and O–H groups in total. The molecule has 2 unspecified atom stereocenters. The van der Waals surface area contributed by atoms with Gasteiger partial charge in [0.2, 0.25) is 0 Å². The number of rotatable bonds is 4. The van der Waals surface area contributed by atoms with Crippen LogP contribution in [0.4, 0.5) is 0 Å². The van der Waals surface area contributed by atoms with Crippen LogP contribution in [0.5, 0.6) is 11.5 Å². The van der Waals surface area contributed by atoms with Crippen molar-refractivity contribution in [1.29, 1.82) is 0 Å². The summed E-state index contributed by atoms with van der Waals surface area (Å²) >= 11 is 0. The van der Waals surface area contributed by atoms with Crippen LogP contribution < -0.4 is 14.8 Å². The molecule has 1 aromatic carbocycles. The summed E-state index contributed by atoms with van der Waals surface area (Å²) in [6.45, 7) is 7.98. The zero-order valence-corrected chi connectivity index (χ0v) is 14.5. The third kappa shape index (κ3) is 3.50. The van der Waals surface area contributed by atoms with Gasteiger partial charge in [0.15, 0.2) is 11.5 Å². The Bertz CT molecular complexity index is 510. The Kier molecular flexibility index (Phi) is 5.95. The van der Waals surface area contributed by atoms with E-state index in [4.69, 9.17) is 9.47 Å². The van der Waals surface area contributed by atoms with Gasteiger partial charge in [0, 0.05) is 13.1 Å². The molecule has 0 bridgehead atoms. The van der Waals surface area contributed by atoms with Crippen molar-refractivity contribution in [3.05, 3.63) is 23.3 Å². The van der Waals surface area contributed by atoms with Crippen molar-refractivity contribution in [2.45, 2.75) is 19.9 Å². The smallest absolute Gasteiger partial charge is 0.161 e. The second-order valence-electron chi connectivity index (χ2n) is 6.34. The van der Waals surface area contributed by atoms with Crippen LogP contribution in [-0.4, -0.2) is 45.3 Å². The van der Waals surface area contributed by atoms with Gasteiger partial charge in [-0.2, -0.15) is 0 Å². The van der Waals surface area contributed by atoms with Crippen LogP contribution in [0.2, 0.25) is 0 Å². The molecule has 2 aliphatic rings. The molecule has 2 saturated heterocycles. The maximum Gasteiger partial charge on any atom is 0.161 e. The SMILES string of the molecule is COc1cc(C)c(CN2CCC3CNCC3C2)cc1OC.Cl. The van der Waals surface area contributed by atoms with E-state index in [0.717, 1.165) is 29.9 Å². The number of methoxy groups -OCH3 is 2. The zero-order valence-electron chi connectivity index (χ0n) is 13.7. The topological polar surface area (TPSA) is 33.7 Å². The number of hydrogen-bond acceptors (Lipinski definition) is 4. The van der Waals surface area contributed by atoms with Gasteiger partial charge in [-0.25, -0.2) is 0 Å². The van der Waals surface area contributed by atoms with E-state index in [1.165, 1.54) is 43.7 Å². The van der Waals surface area contributed by atoms with Crippen molar-refractivity contribution in [2.24, 2.45) is 11.8 Å². The van der Waals surface area contributed by atoms with Crippen LogP contribution in [-0.2, 0) is 6.54 Å². The van der Waals surface area contributed by atoms with Crippen molar-refractivity contribution >= 4 is 12.4 Å². The molecule has 2 fully saturated rings. The van der Waals surface area contributed by atoms with Gasteiger partial charge >= 0.3 is 0 Å². The number of nitrogens with zero attached hydrogens (tertiary/aromatic N) is 1. The van der Waals surface area contributed by atoms with Crippen LogP contribution in [0.1, 0.15) is 17.5 Å². The molecule has 3 rings (SSSR count). The van der Waals surface area contributed by atoms with Crippen LogP contribution >= 0.6 is 12.4 Å². The summed E-state index contributed by atoms with van der Waals surface area (Å²) in [4.78, 5) is 2.59. The number of hydrogen-bond donors (Lipinski definition) is 1. The third-order valence-corrected chi connectivity index (χ3v) is 5.02. The van der Waals surface area contributed by atoms with Gasteiger partial charge in [-0.05, 0) is 68.1 Å². The first-order valence-electron chi connectivity index (χ1n) is 7.86. The first-order chi connectivity index (χ1) is 10.2. The first-order valence-corrected chi connectivity index (χ1v) is 7.86. The Balaban J connectivity index is 0.00000176. The predicted molar refractivity (Wildman–Crippen MR) is 91.3 cm³/mol. The van der Waals surface area contributed by atoms with Crippen LogP contribution in [0.15, 0.2) is 12.1 Å². The minimum absolute atomic E-state index is 0. The lowest BCUT2D eigenvalue weighted by molar-refractivity contribution is 0.142. The predicted octanol–water partition coefficient (Wildman–Crippen LogP) is 2.48. The fourth-order valence-electron chi connectivity index (χ4n) is 3.69. The van der Waals surface area contributed by atoms with Gasteiger partial charge in [-0.15, -0.1) is 12.4 Å². The molecular weight excluding hydrogens is 300 g/mol. The molecule has 2 atom stereocenters. The number of nitrogens with one attached hydrogen (secondary N) is 1. The molecule has 0 aromatic heterocycles. The molecule has 5 heteroatoms. The second-order valence-corrected chi connectivity index (χ2v) is 6.34. The number of piperidine rings is 1. The minimum atomic E-state index is 0. The quantitative estimate of drug-likeness (QED) is 0.921. The highest BCUT2D eigenvalue weighted by Gasteiger charge is 2.32. The minimum Gasteiger partial charge on any atom is -0.493 e. The largest absolute Gasteiger partial charge is 0.493 e. The van der Waals surface area contributed by atoms with Crippen molar-refractivity contribution in [2.75, 3.05) is 40.4 Å². The summed E-state index contributed by atoms with van der Waals surface area (Å²) in [5, 5.41) is 3.53. The standard InChI is InChI=1S/C17H26N2O2.ClH/c1-12-6-16(20-2)17(21-3)7-14(12)10-19-5-4-13-8-18-9-15(13)11-19;/h6-7,13,15,18H,4-5,8-11H2,1-3H3;1H. The number of likely N-dealkylation sites (tertiary alicyclic amines) is 1. The molecule has 124 valence electrons. The Morgan fingerprint density at radius 2 is 1.82 bits per heavy atom. The van der Waals surface area contributed by atoms with Crippen molar-refractivity contribution < 1.29 is 9.47 Å². The maximum absolute atomic E-state index is 5.44. The maximum atomic E-state index is 5.44. The summed E-state index contributed by atoms with van der Waals surface area (Å²) in [5.74, 6) is 3.37. The van der Waals surface area contributed by atoms with E-state index in [2.05, 4.69) is 29.3 Å². The van der Waals surface area contributed by atoms with Gasteiger partial charge in [0.25, 0.3) is 0 Å². The second kappa shape index (κ2) is 7.53. The van der Waals surface area contributed by atoms with E-state index in [0.29, 0.717) is 0 Å². The third-order valence-electron chi connectivity index (χ3n) is 5.02. The van der Waals surface area contributed by atoms with E-state index in [-0.39, 0.29) is 12.4 Å². The van der Waals surface area contributed by atoms with Crippen molar-refractivity contribution in [1.82, 2.24) is 10.2 Å². The molecule has 22 heavy (non-hydrogen) atoms. The number of aryl methyl sites for hydroxylation is 1. The Hall–Kier alpha value is -0.970. The van der Waals surface area contributed by atoms with E-state index >= 15 is 0 Å². The average Bonchev–Trinajstić information content (AvgIpc) is 2.96. The lowest BCUT2D eigenvalue weighted by Crippen LogP contribution is -2.39. The Morgan fingerprint density at radius 3 is 2.55 bits per heavy atom. The fraction of sp³-hybridized carbons (Fsp3) is 0.647. The van der Waals surface area contributed by atoms with Crippen LogP contribution in [0, 0.1) is 18.8 Å². The molecule has 0 radical (unpaired) electrons. The highest BCUT2D eigenvalue weighted by molar-refractivity contribution is 5.85. The van der Waals surface area contributed by atoms with Gasteiger partial charge < -0.3 is 14.8 Å². The summed E-state index contributed by atoms with van der Waals surface area (Å²) < 4.78 is 10.8. The highest BCUT2D eigenvalue weighted by atomic mass is 35.5. The summed E-state index contributed by atoms with van der Waals surface area (Å²) in [6, 6.07) is 4.21. The number of fused-ring (bicyclic) bond motifs is 1. The zero-order chi connectivity index (χ0) is 14.8. The summed E-state index contributed by atoms with van der Waals surface area (Å²) in [7, 11) is 3.39. The number of benzene rings is 1. The lowest BCUT2D eigenvalue weighted by Gasteiger charge is -2.34. The summed E-state index contributed by atoms with van der Waals surface area (Å²) in [6.07, 6.45) is 1.32. The molecule has 0 aliphatic carbocycles. The molecular formula is C17H27ClN2O2. The van der Waals surface area contributed by atoms with E-state index < -0.39 is 0 Å².